The van der Waals surface area contributed by atoms with Gasteiger partial charge in [-0.2, -0.15) is 0 Å². The molecule has 0 spiro atoms. The van der Waals surface area contributed by atoms with Gasteiger partial charge >= 0.3 is 0 Å². The molecule has 0 heterocycles. The molecule has 4 nitrogen and oxygen atoms in total. The Morgan fingerprint density at radius 1 is 0.966 bits per heavy atom. The second kappa shape index (κ2) is 10.0. The minimum Gasteiger partial charge on any atom is -0.494 e. The second-order valence-electron chi connectivity index (χ2n) is 7.02. The summed E-state index contributed by atoms with van der Waals surface area (Å²) in [6.45, 7) is 1.12. The lowest BCUT2D eigenvalue weighted by atomic mass is 10.1. The maximum atomic E-state index is 13.8. The fraction of sp³-hybridized carbons (Fsp3) is 0.250. The molecule has 29 heavy (non-hydrogen) atoms. The lowest BCUT2D eigenvalue weighted by Crippen LogP contribution is -2.32. The highest BCUT2D eigenvalue weighted by Crippen LogP contribution is 2.22. The van der Waals surface area contributed by atoms with Crippen LogP contribution in [0.2, 0.25) is 0 Å². The number of nitrogens with zero attached hydrogens (tertiary/aromatic N) is 1. The van der Waals surface area contributed by atoms with Crippen LogP contribution in [0.3, 0.4) is 0 Å². The van der Waals surface area contributed by atoms with Crippen molar-refractivity contribution in [2.75, 3.05) is 27.3 Å². The van der Waals surface area contributed by atoms with Gasteiger partial charge in [-0.05, 0) is 48.0 Å². The summed E-state index contributed by atoms with van der Waals surface area (Å²) in [5.74, 6) is 0.549. The maximum Gasteiger partial charge on any atom is 0.165 e. The van der Waals surface area contributed by atoms with E-state index in [1.54, 1.807) is 6.07 Å². The number of halogens is 1. The minimum atomic E-state index is -0.656. The number of likely N-dealkylation sites (N-methyl/N-ethyl adjacent to an activating group) is 1. The molecule has 0 saturated heterocycles. The Hall–Kier alpha value is -2.89. The maximum absolute atomic E-state index is 13.8. The summed E-state index contributed by atoms with van der Waals surface area (Å²) in [6.07, 6.45) is -0.656. The molecule has 0 aliphatic rings. The molecular weight excluding hydrogens is 369 g/mol. The Labute approximate surface area is 171 Å². The van der Waals surface area contributed by atoms with Crippen LogP contribution in [0.4, 0.5) is 4.39 Å². The van der Waals surface area contributed by atoms with Crippen molar-refractivity contribution < 1.29 is 19.0 Å². The number of rotatable bonds is 9. The van der Waals surface area contributed by atoms with Gasteiger partial charge in [-0.1, -0.05) is 48.5 Å². The normalized spacial score (nSPS) is 12.0. The third kappa shape index (κ3) is 6.04. The van der Waals surface area contributed by atoms with Gasteiger partial charge in [-0.3, -0.25) is 4.90 Å². The van der Waals surface area contributed by atoms with E-state index in [1.807, 2.05) is 60.5 Å². The van der Waals surface area contributed by atoms with Crippen LogP contribution in [-0.2, 0) is 6.54 Å². The lowest BCUT2D eigenvalue weighted by Gasteiger charge is -2.21. The highest BCUT2D eigenvalue weighted by atomic mass is 19.1. The molecule has 0 bridgehead atoms. The third-order valence-electron chi connectivity index (χ3n) is 4.59. The Morgan fingerprint density at radius 3 is 2.31 bits per heavy atom. The summed E-state index contributed by atoms with van der Waals surface area (Å²) in [5, 5.41) is 10.3. The van der Waals surface area contributed by atoms with Crippen LogP contribution in [0.15, 0.2) is 72.8 Å². The van der Waals surface area contributed by atoms with Crippen molar-refractivity contribution >= 4 is 0 Å². The molecule has 1 N–H and O–H groups in total. The van der Waals surface area contributed by atoms with Gasteiger partial charge in [0.05, 0.1) is 7.11 Å². The van der Waals surface area contributed by atoms with Gasteiger partial charge < -0.3 is 14.6 Å². The molecule has 0 radical (unpaired) electrons. The molecule has 0 aromatic heterocycles. The van der Waals surface area contributed by atoms with E-state index in [2.05, 4.69) is 12.1 Å². The zero-order chi connectivity index (χ0) is 20.6. The average Bonchev–Trinajstić information content (AvgIpc) is 2.73. The van der Waals surface area contributed by atoms with Crippen molar-refractivity contribution in [2.24, 2.45) is 0 Å². The number of benzene rings is 3. The summed E-state index contributed by atoms with van der Waals surface area (Å²) in [6, 6.07) is 22.8. The highest BCUT2D eigenvalue weighted by Gasteiger charge is 2.11. The molecule has 152 valence electrons. The molecular formula is C24H26FNO3. The van der Waals surface area contributed by atoms with E-state index in [4.69, 9.17) is 9.47 Å². The van der Waals surface area contributed by atoms with E-state index in [9.17, 15) is 9.50 Å². The smallest absolute Gasteiger partial charge is 0.165 e. The minimum absolute atomic E-state index is 0.187. The predicted octanol–water partition coefficient (Wildman–Crippen LogP) is 4.37. The summed E-state index contributed by atoms with van der Waals surface area (Å²) < 4.78 is 24.4. The first kappa shape index (κ1) is 20.8. The van der Waals surface area contributed by atoms with Crippen molar-refractivity contribution in [3.63, 3.8) is 0 Å². The van der Waals surface area contributed by atoms with Crippen LogP contribution in [0.1, 0.15) is 5.56 Å². The van der Waals surface area contributed by atoms with Crippen molar-refractivity contribution in [1.29, 1.82) is 0 Å². The molecule has 1 atom stereocenters. The van der Waals surface area contributed by atoms with Gasteiger partial charge in [0.25, 0.3) is 0 Å². The first-order chi connectivity index (χ1) is 14.0. The third-order valence-corrected chi connectivity index (χ3v) is 4.59. The van der Waals surface area contributed by atoms with Gasteiger partial charge in [-0.25, -0.2) is 4.39 Å². The number of aliphatic hydroxyl groups is 1. The fourth-order valence-electron chi connectivity index (χ4n) is 3.16. The van der Waals surface area contributed by atoms with Crippen LogP contribution in [0.5, 0.6) is 11.5 Å². The van der Waals surface area contributed by atoms with E-state index in [1.165, 1.54) is 13.2 Å². The number of hydrogen-bond acceptors (Lipinski definition) is 4. The van der Waals surface area contributed by atoms with Crippen LogP contribution < -0.4 is 9.47 Å². The molecule has 3 aromatic carbocycles. The van der Waals surface area contributed by atoms with Crippen molar-refractivity contribution in [3.05, 3.63) is 84.2 Å². The van der Waals surface area contributed by atoms with E-state index < -0.39 is 6.10 Å². The standard InChI is InChI=1S/C24H26FNO3/c1-26(15-18-8-13-24(28-2)23(25)14-18)16-21(27)17-29-22-11-9-20(10-12-22)19-6-4-3-5-7-19/h3-14,21,27H,15-17H2,1-2H3. The lowest BCUT2D eigenvalue weighted by molar-refractivity contribution is 0.0744. The van der Waals surface area contributed by atoms with Gasteiger partial charge in [0, 0.05) is 13.1 Å². The van der Waals surface area contributed by atoms with E-state index in [0.29, 0.717) is 18.8 Å². The predicted molar refractivity (Wildman–Crippen MR) is 113 cm³/mol. The van der Waals surface area contributed by atoms with Crippen LogP contribution in [0, 0.1) is 5.82 Å². The number of methoxy groups -OCH3 is 1. The Kier molecular flexibility index (Phi) is 7.22. The number of aliphatic hydroxyl groups excluding tert-OH is 1. The van der Waals surface area contributed by atoms with Gasteiger partial charge in [0.15, 0.2) is 11.6 Å². The van der Waals surface area contributed by atoms with Crippen molar-refractivity contribution in [2.45, 2.75) is 12.6 Å². The number of ether oxygens (including phenoxy) is 2. The van der Waals surface area contributed by atoms with E-state index >= 15 is 0 Å². The topological polar surface area (TPSA) is 41.9 Å². The van der Waals surface area contributed by atoms with Gasteiger partial charge in [0.2, 0.25) is 0 Å². The van der Waals surface area contributed by atoms with Crippen molar-refractivity contribution in [3.8, 4) is 22.6 Å². The first-order valence-corrected chi connectivity index (χ1v) is 9.52. The first-order valence-electron chi connectivity index (χ1n) is 9.52. The Balaban J connectivity index is 1.46. The quantitative estimate of drug-likeness (QED) is 0.584. The molecule has 5 heteroatoms. The molecule has 0 aliphatic heterocycles. The summed E-state index contributed by atoms with van der Waals surface area (Å²) in [4.78, 5) is 1.92. The summed E-state index contributed by atoms with van der Waals surface area (Å²) in [5.41, 5.74) is 3.08. The van der Waals surface area contributed by atoms with Gasteiger partial charge in [0.1, 0.15) is 18.5 Å². The summed E-state index contributed by atoms with van der Waals surface area (Å²) >= 11 is 0. The summed E-state index contributed by atoms with van der Waals surface area (Å²) in [7, 11) is 3.32. The zero-order valence-electron chi connectivity index (χ0n) is 16.7. The average molecular weight is 395 g/mol. The molecule has 1 unspecified atom stereocenters. The van der Waals surface area contributed by atoms with Crippen molar-refractivity contribution in [1.82, 2.24) is 4.90 Å². The highest BCUT2D eigenvalue weighted by molar-refractivity contribution is 5.63. The molecule has 3 rings (SSSR count). The van der Waals surface area contributed by atoms with Crippen LogP contribution >= 0.6 is 0 Å². The molecule has 0 saturated carbocycles. The Bertz CT molecular complexity index is 900. The zero-order valence-corrected chi connectivity index (χ0v) is 16.7. The largest absolute Gasteiger partial charge is 0.494 e. The Morgan fingerprint density at radius 2 is 1.66 bits per heavy atom. The number of hydrogen-bond donors (Lipinski definition) is 1. The van der Waals surface area contributed by atoms with Crippen LogP contribution in [-0.4, -0.2) is 43.4 Å². The second-order valence-corrected chi connectivity index (χ2v) is 7.02. The SMILES string of the molecule is COc1ccc(CN(C)CC(O)COc2ccc(-c3ccccc3)cc2)cc1F. The van der Waals surface area contributed by atoms with Crippen LogP contribution in [0.25, 0.3) is 11.1 Å². The fourth-order valence-corrected chi connectivity index (χ4v) is 3.16. The van der Waals surface area contributed by atoms with E-state index in [0.717, 1.165) is 16.7 Å². The monoisotopic (exact) mass is 395 g/mol. The molecule has 3 aromatic rings. The molecule has 0 fully saturated rings. The molecule has 0 amide bonds. The van der Waals surface area contributed by atoms with E-state index in [-0.39, 0.29) is 18.2 Å². The molecule has 0 aliphatic carbocycles. The van der Waals surface area contributed by atoms with Gasteiger partial charge in [-0.15, -0.1) is 0 Å².